The second kappa shape index (κ2) is 10.8. The number of urea groups is 1. The Morgan fingerprint density at radius 3 is 2.47 bits per heavy atom. The lowest BCUT2D eigenvalue weighted by molar-refractivity contribution is -0.122. The highest BCUT2D eigenvalue weighted by Crippen LogP contribution is 2.32. The minimum atomic E-state index is -0.773. The van der Waals surface area contributed by atoms with Gasteiger partial charge >= 0.3 is 6.03 Å². The monoisotopic (exact) mass is 614 g/mol. The van der Waals surface area contributed by atoms with Gasteiger partial charge in [0.05, 0.1) is 12.3 Å². The molecule has 1 heterocycles. The van der Waals surface area contributed by atoms with Gasteiger partial charge in [0.25, 0.3) is 11.8 Å². The SMILES string of the molecule is CCOc1cc(/C=C2\C(=O)NC(=O)N(c3ccc(C)c(C)c3)C2=O)cc(I)c1Cc1ccccc1Cl. The number of anilines is 1. The first-order chi connectivity index (χ1) is 17.2. The number of nitrogens with zero attached hydrogens (tertiary/aromatic N) is 1. The van der Waals surface area contributed by atoms with E-state index < -0.39 is 17.8 Å². The van der Waals surface area contributed by atoms with E-state index in [1.54, 1.807) is 18.2 Å². The summed E-state index contributed by atoms with van der Waals surface area (Å²) in [6.07, 6.45) is 2.06. The molecule has 4 amide bonds. The van der Waals surface area contributed by atoms with Crippen LogP contribution >= 0.6 is 34.2 Å². The molecule has 0 aromatic heterocycles. The summed E-state index contributed by atoms with van der Waals surface area (Å²) in [4.78, 5) is 39.5. The molecule has 1 aliphatic rings. The standard InChI is InChI=1S/C28H24ClIN2O4/c1-4-36-25-14-18(13-24(30)21(25)15-19-7-5-6-8-23(19)29)12-22-26(33)31-28(35)32(27(22)34)20-10-9-16(2)17(3)11-20/h5-14H,4,15H2,1-3H3,(H,31,33,35)/b22-12+. The van der Waals surface area contributed by atoms with Crippen LogP contribution in [0.2, 0.25) is 5.02 Å². The van der Waals surface area contributed by atoms with Crippen molar-refractivity contribution in [1.82, 2.24) is 5.32 Å². The third kappa shape index (κ3) is 5.32. The molecule has 0 atom stereocenters. The van der Waals surface area contributed by atoms with E-state index in [-0.39, 0.29) is 5.57 Å². The molecule has 0 radical (unpaired) electrons. The van der Waals surface area contributed by atoms with Crippen LogP contribution in [-0.2, 0) is 16.0 Å². The summed E-state index contributed by atoms with van der Waals surface area (Å²) in [5.41, 5.74) is 4.76. The molecular weight excluding hydrogens is 591 g/mol. The Kier molecular flexibility index (Phi) is 7.80. The van der Waals surface area contributed by atoms with Gasteiger partial charge in [-0.1, -0.05) is 35.9 Å². The molecule has 0 aliphatic carbocycles. The molecule has 4 rings (SSSR count). The number of halogens is 2. The molecule has 0 unspecified atom stereocenters. The van der Waals surface area contributed by atoms with Gasteiger partial charge in [-0.2, -0.15) is 0 Å². The van der Waals surface area contributed by atoms with Crippen molar-refractivity contribution in [3.05, 3.63) is 96.6 Å². The number of imide groups is 2. The number of barbiturate groups is 1. The fourth-order valence-electron chi connectivity index (χ4n) is 3.93. The van der Waals surface area contributed by atoms with Crippen LogP contribution in [0, 0.1) is 17.4 Å². The Balaban J connectivity index is 1.73. The lowest BCUT2D eigenvalue weighted by Gasteiger charge is -2.27. The molecule has 0 spiro atoms. The van der Waals surface area contributed by atoms with E-state index in [9.17, 15) is 14.4 Å². The second-order valence-electron chi connectivity index (χ2n) is 8.41. The zero-order chi connectivity index (χ0) is 26.0. The van der Waals surface area contributed by atoms with Crippen molar-refractivity contribution in [3.63, 3.8) is 0 Å². The van der Waals surface area contributed by atoms with Gasteiger partial charge in [0, 0.05) is 20.6 Å². The maximum atomic E-state index is 13.3. The topological polar surface area (TPSA) is 75.7 Å². The van der Waals surface area contributed by atoms with Crippen molar-refractivity contribution in [3.8, 4) is 5.75 Å². The van der Waals surface area contributed by atoms with E-state index in [2.05, 4.69) is 27.9 Å². The predicted octanol–water partition coefficient (Wildman–Crippen LogP) is 6.22. The van der Waals surface area contributed by atoms with E-state index >= 15 is 0 Å². The summed E-state index contributed by atoms with van der Waals surface area (Å²) in [7, 11) is 0. The summed E-state index contributed by atoms with van der Waals surface area (Å²) in [6.45, 7) is 6.18. The molecule has 36 heavy (non-hydrogen) atoms. The summed E-state index contributed by atoms with van der Waals surface area (Å²) in [6, 6.07) is 15.8. The van der Waals surface area contributed by atoms with Gasteiger partial charge < -0.3 is 4.74 Å². The molecule has 184 valence electrons. The first-order valence-electron chi connectivity index (χ1n) is 11.4. The second-order valence-corrected chi connectivity index (χ2v) is 9.98. The van der Waals surface area contributed by atoms with Crippen LogP contribution in [0.5, 0.6) is 5.75 Å². The molecular formula is C28H24ClIN2O4. The number of amides is 4. The highest BCUT2D eigenvalue weighted by molar-refractivity contribution is 14.1. The third-order valence-electron chi connectivity index (χ3n) is 5.96. The van der Waals surface area contributed by atoms with Gasteiger partial charge in [0.2, 0.25) is 0 Å². The number of ether oxygens (including phenoxy) is 1. The van der Waals surface area contributed by atoms with Crippen LogP contribution in [-0.4, -0.2) is 24.5 Å². The quantitative estimate of drug-likeness (QED) is 0.203. The first-order valence-corrected chi connectivity index (χ1v) is 12.8. The maximum Gasteiger partial charge on any atom is 0.335 e. The third-order valence-corrected chi connectivity index (χ3v) is 7.29. The normalized spacial score (nSPS) is 14.9. The van der Waals surface area contributed by atoms with Crippen molar-refractivity contribution < 1.29 is 19.1 Å². The largest absolute Gasteiger partial charge is 0.494 e. The van der Waals surface area contributed by atoms with Gasteiger partial charge in [-0.25, -0.2) is 9.69 Å². The summed E-state index contributed by atoms with van der Waals surface area (Å²) >= 11 is 8.59. The van der Waals surface area contributed by atoms with Gasteiger partial charge in [0.1, 0.15) is 11.3 Å². The Morgan fingerprint density at radius 1 is 1.03 bits per heavy atom. The molecule has 6 nitrogen and oxygen atoms in total. The number of carbonyl (C=O) groups is 3. The highest BCUT2D eigenvalue weighted by atomic mass is 127. The van der Waals surface area contributed by atoms with Crippen LogP contribution in [0.25, 0.3) is 6.08 Å². The van der Waals surface area contributed by atoms with Crippen LogP contribution in [0.3, 0.4) is 0 Å². The lowest BCUT2D eigenvalue weighted by Crippen LogP contribution is -2.54. The Bertz CT molecular complexity index is 1420. The molecule has 3 aromatic rings. The Hall–Kier alpha value is -3.17. The van der Waals surface area contributed by atoms with Crippen molar-refractivity contribution in [1.29, 1.82) is 0 Å². The van der Waals surface area contributed by atoms with Crippen LogP contribution in [0.4, 0.5) is 10.5 Å². The number of rotatable bonds is 6. The summed E-state index contributed by atoms with van der Waals surface area (Å²) in [5, 5.41) is 2.95. The number of hydrogen-bond acceptors (Lipinski definition) is 4. The van der Waals surface area contributed by atoms with Crippen LogP contribution in [0.15, 0.2) is 60.2 Å². The predicted molar refractivity (Wildman–Crippen MR) is 150 cm³/mol. The van der Waals surface area contributed by atoms with E-state index in [0.717, 1.165) is 30.7 Å². The average Bonchev–Trinajstić information content (AvgIpc) is 2.82. The highest BCUT2D eigenvalue weighted by Gasteiger charge is 2.37. The molecule has 0 saturated carbocycles. The van der Waals surface area contributed by atoms with Gasteiger partial charge in [-0.05, 0) is 102 Å². The van der Waals surface area contributed by atoms with Crippen molar-refractivity contribution in [2.24, 2.45) is 0 Å². The van der Waals surface area contributed by atoms with Crippen molar-refractivity contribution in [2.75, 3.05) is 11.5 Å². The maximum absolute atomic E-state index is 13.3. The van der Waals surface area contributed by atoms with E-state index in [1.165, 1.54) is 6.08 Å². The number of benzene rings is 3. The van der Waals surface area contributed by atoms with Crippen LogP contribution < -0.4 is 15.0 Å². The molecule has 1 saturated heterocycles. The minimum Gasteiger partial charge on any atom is -0.494 e. The van der Waals surface area contributed by atoms with Crippen molar-refractivity contribution >= 4 is 63.8 Å². The minimum absolute atomic E-state index is 0.134. The number of nitrogens with one attached hydrogen (secondary N) is 1. The zero-order valence-electron chi connectivity index (χ0n) is 20.0. The van der Waals surface area contributed by atoms with E-state index in [1.807, 2.05) is 57.2 Å². The zero-order valence-corrected chi connectivity index (χ0v) is 22.9. The molecule has 3 aromatic carbocycles. The van der Waals surface area contributed by atoms with Crippen molar-refractivity contribution in [2.45, 2.75) is 27.2 Å². The average molecular weight is 615 g/mol. The summed E-state index contributed by atoms with van der Waals surface area (Å²) < 4.78 is 6.82. The molecule has 0 bridgehead atoms. The number of carbonyl (C=O) groups excluding carboxylic acids is 3. The molecule has 1 fully saturated rings. The molecule has 1 aliphatic heterocycles. The smallest absolute Gasteiger partial charge is 0.335 e. The van der Waals surface area contributed by atoms with E-state index in [0.29, 0.717) is 35.1 Å². The summed E-state index contributed by atoms with van der Waals surface area (Å²) in [5.74, 6) is -0.778. The van der Waals surface area contributed by atoms with Gasteiger partial charge in [-0.15, -0.1) is 0 Å². The fourth-order valence-corrected chi connectivity index (χ4v) is 4.94. The van der Waals surface area contributed by atoms with Gasteiger partial charge in [0.15, 0.2) is 0 Å². The molecule has 8 heteroatoms. The van der Waals surface area contributed by atoms with Gasteiger partial charge in [-0.3, -0.25) is 14.9 Å². The lowest BCUT2D eigenvalue weighted by atomic mass is 10.0. The van der Waals surface area contributed by atoms with Crippen LogP contribution in [0.1, 0.15) is 34.7 Å². The fraction of sp³-hybridized carbons (Fsp3) is 0.179. The number of aryl methyl sites for hydroxylation is 2. The molecule has 1 N–H and O–H groups in total. The Labute approximate surface area is 228 Å². The Morgan fingerprint density at radius 2 is 1.78 bits per heavy atom. The first kappa shape index (κ1) is 25.9. The number of hydrogen-bond donors (Lipinski definition) is 1. The van der Waals surface area contributed by atoms with E-state index in [4.69, 9.17) is 16.3 Å².